The molecule has 0 radical (unpaired) electrons. The second-order valence-corrected chi connectivity index (χ2v) is 6.50. The van der Waals surface area contributed by atoms with Crippen molar-refractivity contribution >= 4 is 10.0 Å². The van der Waals surface area contributed by atoms with Crippen LogP contribution in [0, 0.1) is 0 Å². The Kier molecular flexibility index (Phi) is 5.49. The van der Waals surface area contributed by atoms with Crippen LogP contribution in [0.15, 0.2) is 47.9 Å². The first-order chi connectivity index (χ1) is 10.1. The molecule has 21 heavy (non-hydrogen) atoms. The van der Waals surface area contributed by atoms with Gasteiger partial charge in [-0.05, 0) is 37.1 Å². The molecular weight excluding hydrogens is 288 g/mol. The Hall–Kier alpha value is -1.70. The first kappa shape index (κ1) is 15.7. The van der Waals surface area contributed by atoms with E-state index in [-0.39, 0.29) is 4.90 Å². The van der Waals surface area contributed by atoms with E-state index in [0.717, 1.165) is 18.4 Å². The summed E-state index contributed by atoms with van der Waals surface area (Å²) >= 11 is 0. The van der Waals surface area contributed by atoms with Crippen LogP contribution in [0.1, 0.15) is 12.0 Å². The minimum atomic E-state index is -3.46. The van der Waals surface area contributed by atoms with Gasteiger partial charge >= 0.3 is 0 Å². The van der Waals surface area contributed by atoms with E-state index in [9.17, 15) is 8.42 Å². The van der Waals surface area contributed by atoms with Crippen LogP contribution in [0.4, 0.5) is 0 Å². The Morgan fingerprint density at radius 1 is 1.24 bits per heavy atom. The lowest BCUT2D eigenvalue weighted by Gasteiger charge is -2.08. The van der Waals surface area contributed by atoms with Gasteiger partial charge in [-0.25, -0.2) is 18.1 Å². The molecular formula is C14H20N4O2S. The molecule has 6 nitrogen and oxygen atoms in total. The number of nitrogens with zero attached hydrogens (tertiary/aromatic N) is 2. The second kappa shape index (κ2) is 7.35. The molecule has 7 heteroatoms. The van der Waals surface area contributed by atoms with Gasteiger partial charge in [0, 0.05) is 25.5 Å². The number of hydrogen-bond acceptors (Lipinski definition) is 4. The zero-order valence-electron chi connectivity index (χ0n) is 11.8. The highest BCUT2D eigenvalue weighted by Crippen LogP contribution is 2.11. The molecule has 0 amide bonds. The van der Waals surface area contributed by atoms with Gasteiger partial charge in [-0.3, -0.25) is 0 Å². The highest BCUT2D eigenvalue weighted by atomic mass is 32.2. The van der Waals surface area contributed by atoms with Crippen LogP contribution in [0.2, 0.25) is 0 Å². The molecule has 1 aromatic carbocycles. The van der Waals surface area contributed by atoms with Gasteiger partial charge in [0.2, 0.25) is 10.0 Å². The molecule has 0 spiro atoms. The number of aryl methyl sites for hydroxylation is 1. The summed E-state index contributed by atoms with van der Waals surface area (Å²) in [5, 5.41) is 0. The van der Waals surface area contributed by atoms with Gasteiger partial charge in [0.25, 0.3) is 0 Å². The quantitative estimate of drug-likeness (QED) is 0.753. The van der Waals surface area contributed by atoms with Crippen molar-refractivity contribution in [3.63, 3.8) is 0 Å². The summed E-state index contributed by atoms with van der Waals surface area (Å²) in [6, 6.07) is 6.93. The van der Waals surface area contributed by atoms with Crippen molar-refractivity contribution < 1.29 is 8.42 Å². The predicted molar refractivity (Wildman–Crippen MR) is 81.2 cm³/mol. The number of benzene rings is 1. The zero-order chi connectivity index (χ0) is 15.1. The van der Waals surface area contributed by atoms with Crippen LogP contribution < -0.4 is 10.5 Å². The topological polar surface area (TPSA) is 90.0 Å². The minimum absolute atomic E-state index is 0.282. The van der Waals surface area contributed by atoms with Gasteiger partial charge in [0.1, 0.15) is 0 Å². The first-order valence-electron chi connectivity index (χ1n) is 6.86. The summed E-state index contributed by atoms with van der Waals surface area (Å²) in [5.74, 6) is 0. The Labute approximate surface area is 125 Å². The van der Waals surface area contributed by atoms with E-state index in [2.05, 4.69) is 9.71 Å². The van der Waals surface area contributed by atoms with Gasteiger partial charge in [-0.2, -0.15) is 0 Å². The van der Waals surface area contributed by atoms with Gasteiger partial charge in [0.05, 0.1) is 11.2 Å². The fourth-order valence-electron chi connectivity index (χ4n) is 1.95. The molecule has 0 aliphatic carbocycles. The highest BCUT2D eigenvalue weighted by molar-refractivity contribution is 7.89. The van der Waals surface area contributed by atoms with Gasteiger partial charge in [-0.15, -0.1) is 0 Å². The predicted octanol–water partition coefficient (Wildman–Crippen LogP) is 0.753. The summed E-state index contributed by atoms with van der Waals surface area (Å²) in [4.78, 5) is 4.19. The summed E-state index contributed by atoms with van der Waals surface area (Å²) in [6.07, 6.45) is 6.87. The minimum Gasteiger partial charge on any atom is -0.336 e. The molecule has 114 valence electrons. The molecule has 0 aliphatic rings. The molecule has 3 N–H and O–H groups in total. The van der Waals surface area contributed by atoms with Crippen LogP contribution in [-0.4, -0.2) is 31.1 Å². The standard InChI is InChI=1S/C14H20N4O2S/c15-7-1-2-13-3-5-14(6-4-13)21(19,20)17-9-11-18-10-8-16-12-18/h3-6,8,10,12,17H,1-2,7,9,11,15H2. The third kappa shape index (κ3) is 4.66. The van der Waals surface area contributed by atoms with Crippen molar-refractivity contribution in [2.45, 2.75) is 24.3 Å². The Morgan fingerprint density at radius 2 is 2.00 bits per heavy atom. The van der Waals surface area contributed by atoms with E-state index in [1.54, 1.807) is 30.9 Å². The summed E-state index contributed by atoms with van der Waals surface area (Å²) in [7, 11) is -3.46. The van der Waals surface area contributed by atoms with Gasteiger partial charge in [0.15, 0.2) is 0 Å². The average Bonchev–Trinajstić information content (AvgIpc) is 2.98. The Balaban J connectivity index is 1.92. The largest absolute Gasteiger partial charge is 0.336 e. The second-order valence-electron chi connectivity index (χ2n) is 4.73. The van der Waals surface area contributed by atoms with E-state index in [1.165, 1.54) is 0 Å². The van der Waals surface area contributed by atoms with Crippen molar-refractivity contribution in [1.82, 2.24) is 14.3 Å². The summed E-state index contributed by atoms with van der Waals surface area (Å²) in [6.45, 7) is 1.51. The van der Waals surface area contributed by atoms with E-state index >= 15 is 0 Å². The van der Waals surface area contributed by atoms with Crippen molar-refractivity contribution in [2.24, 2.45) is 5.73 Å². The molecule has 1 heterocycles. The molecule has 0 bridgehead atoms. The van der Waals surface area contributed by atoms with Crippen LogP contribution in [0.3, 0.4) is 0 Å². The average molecular weight is 308 g/mol. The van der Waals surface area contributed by atoms with Gasteiger partial charge in [-0.1, -0.05) is 12.1 Å². The van der Waals surface area contributed by atoms with Crippen LogP contribution in [-0.2, 0) is 23.0 Å². The van der Waals surface area contributed by atoms with Crippen molar-refractivity contribution in [1.29, 1.82) is 0 Å². The van der Waals surface area contributed by atoms with Crippen LogP contribution in [0.5, 0.6) is 0 Å². The summed E-state index contributed by atoms with van der Waals surface area (Å²) < 4.78 is 28.7. The van der Waals surface area contributed by atoms with E-state index in [1.807, 2.05) is 16.7 Å². The normalized spacial score (nSPS) is 11.7. The zero-order valence-corrected chi connectivity index (χ0v) is 12.6. The van der Waals surface area contributed by atoms with E-state index in [4.69, 9.17) is 5.73 Å². The number of nitrogens with one attached hydrogen (secondary N) is 1. The molecule has 0 fully saturated rings. The lowest BCUT2D eigenvalue weighted by atomic mass is 10.1. The number of sulfonamides is 1. The maximum Gasteiger partial charge on any atom is 0.240 e. The molecule has 1 aromatic heterocycles. The van der Waals surface area contributed by atoms with E-state index in [0.29, 0.717) is 19.6 Å². The molecule has 0 aliphatic heterocycles. The van der Waals surface area contributed by atoms with Crippen LogP contribution in [0.25, 0.3) is 0 Å². The monoisotopic (exact) mass is 308 g/mol. The molecule has 0 atom stereocenters. The fourth-order valence-corrected chi connectivity index (χ4v) is 2.97. The smallest absolute Gasteiger partial charge is 0.240 e. The third-order valence-corrected chi connectivity index (χ3v) is 4.60. The first-order valence-corrected chi connectivity index (χ1v) is 8.34. The molecule has 0 unspecified atom stereocenters. The molecule has 2 rings (SSSR count). The highest BCUT2D eigenvalue weighted by Gasteiger charge is 2.12. The van der Waals surface area contributed by atoms with E-state index < -0.39 is 10.0 Å². The number of rotatable bonds is 8. The maximum absolute atomic E-state index is 12.1. The van der Waals surface area contributed by atoms with Crippen molar-refractivity contribution in [2.75, 3.05) is 13.1 Å². The molecule has 2 aromatic rings. The Bertz CT molecular complexity index is 636. The SMILES string of the molecule is NCCCc1ccc(S(=O)(=O)NCCn2ccnc2)cc1. The third-order valence-electron chi connectivity index (χ3n) is 3.12. The number of hydrogen-bond donors (Lipinski definition) is 2. The number of nitrogens with two attached hydrogens (primary N) is 1. The Morgan fingerprint density at radius 3 is 2.62 bits per heavy atom. The summed E-state index contributed by atoms with van der Waals surface area (Å²) in [5.41, 5.74) is 6.55. The fraction of sp³-hybridized carbons (Fsp3) is 0.357. The lowest BCUT2D eigenvalue weighted by molar-refractivity contribution is 0.572. The molecule has 0 saturated carbocycles. The lowest BCUT2D eigenvalue weighted by Crippen LogP contribution is -2.27. The maximum atomic E-state index is 12.1. The van der Waals surface area contributed by atoms with Gasteiger partial charge < -0.3 is 10.3 Å². The van der Waals surface area contributed by atoms with Crippen molar-refractivity contribution in [3.05, 3.63) is 48.5 Å². The van der Waals surface area contributed by atoms with Crippen LogP contribution >= 0.6 is 0 Å². The molecule has 0 saturated heterocycles. The number of aromatic nitrogens is 2. The number of imidazole rings is 1. The van der Waals surface area contributed by atoms with Crippen molar-refractivity contribution in [3.8, 4) is 0 Å².